The minimum absolute atomic E-state index is 0.143. The third-order valence-electron chi connectivity index (χ3n) is 24.6. The van der Waals surface area contributed by atoms with Crippen molar-refractivity contribution < 1.29 is 33.4 Å². The minimum atomic E-state index is -0.523. The molecule has 0 saturated heterocycles. The van der Waals surface area contributed by atoms with E-state index in [2.05, 4.69) is 156 Å². The monoisotopic (exact) mass is 1530 g/mol. The number of amides is 3. The predicted octanol–water partition coefficient (Wildman–Crippen LogP) is 16.9. The summed E-state index contributed by atoms with van der Waals surface area (Å²) in [6, 6.07) is 52.2. The van der Waals surface area contributed by atoms with Crippen LogP contribution >= 0.6 is 0 Å². The maximum atomic E-state index is 13.3. The maximum Gasteiger partial charge on any atom is 0.410 e. The van der Waals surface area contributed by atoms with Crippen LogP contribution in [0.3, 0.4) is 0 Å². The molecule has 3 amide bonds. The summed E-state index contributed by atoms with van der Waals surface area (Å²) in [5.41, 5.74) is 12.4. The van der Waals surface area contributed by atoms with E-state index in [0.29, 0.717) is 42.3 Å². The summed E-state index contributed by atoms with van der Waals surface area (Å²) in [6.07, 6.45) is 28.3. The van der Waals surface area contributed by atoms with Crippen LogP contribution in [-0.2, 0) is 57.9 Å². The number of fused-ring (bicyclic) bond motifs is 3. The molecule has 598 valence electrons. The van der Waals surface area contributed by atoms with Crippen molar-refractivity contribution in [1.29, 1.82) is 5.26 Å². The normalized spacial score (nSPS) is 24.1. The van der Waals surface area contributed by atoms with Crippen LogP contribution in [-0.4, -0.2) is 164 Å². The van der Waals surface area contributed by atoms with E-state index in [4.69, 9.17) is 14.2 Å². The average molecular weight is 1530 g/mol. The van der Waals surface area contributed by atoms with Gasteiger partial charge in [-0.25, -0.2) is 14.4 Å². The van der Waals surface area contributed by atoms with Gasteiger partial charge in [-0.2, -0.15) is 5.26 Å². The number of aldehydes is 1. The molecule has 0 bridgehead atoms. The zero-order valence-corrected chi connectivity index (χ0v) is 68.4. The van der Waals surface area contributed by atoms with Crippen molar-refractivity contribution in [2.75, 3.05) is 58.9 Å². The molecule has 3 aliphatic heterocycles. The largest absolute Gasteiger partial charge is 0.444 e. The van der Waals surface area contributed by atoms with Gasteiger partial charge in [0.05, 0.1) is 11.5 Å². The van der Waals surface area contributed by atoms with Crippen LogP contribution < -0.4 is 10.6 Å². The predicted molar refractivity (Wildman–Crippen MR) is 442 cm³/mol. The Hall–Kier alpha value is -8.86. The van der Waals surface area contributed by atoms with Crippen LogP contribution in [0, 0.1) is 33.0 Å². The fourth-order valence-corrected chi connectivity index (χ4v) is 17.0. The smallest absolute Gasteiger partial charge is 0.410 e. The van der Waals surface area contributed by atoms with Crippen molar-refractivity contribution in [2.45, 2.75) is 243 Å². The number of pyridine rings is 3. The Morgan fingerprint density at radius 2 is 0.876 bits per heavy atom. The molecule has 7 aromatic rings. The Morgan fingerprint density at radius 1 is 0.487 bits per heavy atom. The molecule has 4 aromatic carbocycles. The van der Waals surface area contributed by atoms with Crippen LogP contribution in [0.15, 0.2) is 177 Å². The van der Waals surface area contributed by atoms with E-state index >= 15 is 0 Å². The molecule has 4 unspecified atom stereocenters. The third-order valence-corrected chi connectivity index (χ3v) is 24.6. The molecule has 8 atom stereocenters. The molecule has 3 aromatic heterocycles. The number of benzene rings is 4. The molecule has 18 heteroatoms. The first-order valence-electron chi connectivity index (χ1n) is 42.0. The highest BCUT2D eigenvalue weighted by Crippen LogP contribution is 2.55. The van der Waals surface area contributed by atoms with Gasteiger partial charge in [0.15, 0.2) is 0 Å². The van der Waals surface area contributed by atoms with E-state index in [1.807, 2.05) is 130 Å². The Balaban J connectivity index is 0.000000121. The fraction of sp³-hybridized carbons (Fsp3) is 0.537. The Kier molecular flexibility index (Phi) is 24.5. The lowest BCUT2D eigenvalue weighted by Crippen LogP contribution is -2.45. The summed E-state index contributed by atoms with van der Waals surface area (Å²) < 4.78 is 17.0. The van der Waals surface area contributed by atoms with Gasteiger partial charge in [-0.3, -0.25) is 24.8 Å². The lowest BCUT2D eigenvalue weighted by Gasteiger charge is -2.35. The van der Waals surface area contributed by atoms with Crippen molar-refractivity contribution in [3.63, 3.8) is 0 Å². The van der Waals surface area contributed by atoms with Crippen LogP contribution in [0.2, 0.25) is 0 Å². The Labute approximate surface area is 671 Å². The van der Waals surface area contributed by atoms with E-state index in [0.717, 1.165) is 116 Å². The second-order valence-electron chi connectivity index (χ2n) is 37.7. The van der Waals surface area contributed by atoms with Crippen molar-refractivity contribution in [2.24, 2.45) is 21.7 Å². The summed E-state index contributed by atoms with van der Waals surface area (Å²) in [5, 5.41) is 16.6. The number of nitrogens with one attached hydrogen (secondary N) is 2. The number of aromatic nitrogens is 3. The second kappa shape index (κ2) is 34.3. The number of rotatable bonds is 21. The molecule has 18 nitrogen and oxygen atoms in total. The Bertz CT molecular complexity index is 4380. The number of hydrogen-bond acceptors (Lipinski definition) is 15. The number of carbonyl (C=O) groups is 4. The fourth-order valence-electron chi connectivity index (χ4n) is 17.0. The van der Waals surface area contributed by atoms with E-state index in [-0.39, 0.29) is 52.7 Å². The molecule has 0 spiro atoms. The number of nitriles is 1. The molecule has 113 heavy (non-hydrogen) atoms. The zero-order chi connectivity index (χ0) is 79.2. The lowest BCUT2D eigenvalue weighted by atomic mass is 9.99. The zero-order valence-electron chi connectivity index (χ0n) is 68.4. The molecular formula is C95H121N11O7. The summed E-state index contributed by atoms with van der Waals surface area (Å²) in [6.45, 7) is 28.8. The molecular weight excluding hydrogens is 1410 g/mol. The highest BCUT2D eigenvalue weighted by atomic mass is 16.6. The molecule has 2 N–H and O–H groups in total. The molecule has 8 aliphatic carbocycles. The first-order valence-corrected chi connectivity index (χ1v) is 42.0. The average Bonchev–Trinajstić information content (AvgIpc) is 1.60. The number of hydrogen-bond donors (Lipinski definition) is 2. The molecule has 8 fully saturated rings. The van der Waals surface area contributed by atoms with Crippen LogP contribution in [0.4, 0.5) is 14.4 Å². The standard InChI is InChI=1S/C27H35N3O2.C22H27N3.C19H24N2O2.C19H25NO3.C8H10N2/c1-26(2,3)32-25(31)30(24-15-23(24)21-7-5-4-6-8-21)19-27(11-12-27)18-29-14-10-20-9-13-28-16-22(20)17-29;1-2-4-18(5-3-1)20-12-21(20)24-15-22(8-9-22)16-25-11-7-17-6-10-23-13-19(17)14-25;1-18(2,3)23-17(22)21(13-19(12-20)9-10-19)16-11-15(16)14-7-5-4-6-8-14;1-18(2,3)23-17(22)20(12-19(13-21)9-10-19)16-11-15(16)14-7-5-4-6-8-14;1-3-9-5-8-6-10-4-2-7(1)8/h4-9,13,16,23-24H,10-12,14-15,17-19H2,1-3H3;1-6,10,13,20-21,24H,7-9,11-12,14-16H2;4-8,15-16H,9-11,13H2,1-3H3;4-8,13,15-16H,9-12H2,1-3H3;1,3,5,10H,2,4,6H2/t23?,24-;20?,21-;2*15?,16-;/m0000./s1. The highest BCUT2D eigenvalue weighted by molar-refractivity contribution is 5.73. The number of ether oxygens (including phenoxy) is 3. The first-order chi connectivity index (χ1) is 54.3. The minimum Gasteiger partial charge on any atom is -0.444 e. The quantitative estimate of drug-likeness (QED) is 0.0508. The highest BCUT2D eigenvalue weighted by Gasteiger charge is 2.56. The number of carbonyl (C=O) groups excluding carboxylic acids is 4. The summed E-state index contributed by atoms with van der Waals surface area (Å²) >= 11 is 0. The van der Waals surface area contributed by atoms with E-state index in [9.17, 15) is 24.4 Å². The maximum absolute atomic E-state index is 13.3. The molecule has 8 saturated carbocycles. The molecule has 11 aliphatic rings. The summed E-state index contributed by atoms with van der Waals surface area (Å²) in [4.78, 5) is 73.4. The topological polar surface area (TPSA) is 199 Å². The van der Waals surface area contributed by atoms with E-state index < -0.39 is 16.8 Å². The van der Waals surface area contributed by atoms with Gasteiger partial charge in [0, 0.05) is 168 Å². The van der Waals surface area contributed by atoms with E-state index in [1.165, 1.54) is 114 Å². The number of nitrogens with zero attached hydrogens (tertiary/aromatic N) is 9. The van der Waals surface area contributed by atoms with Crippen molar-refractivity contribution in [3.05, 3.63) is 232 Å². The van der Waals surface area contributed by atoms with Gasteiger partial charge in [0.25, 0.3) is 0 Å². The molecule has 0 radical (unpaired) electrons. The van der Waals surface area contributed by atoms with Gasteiger partial charge in [-0.1, -0.05) is 121 Å². The molecule has 18 rings (SSSR count). The first kappa shape index (κ1) is 80.7. The van der Waals surface area contributed by atoms with Gasteiger partial charge in [0.2, 0.25) is 0 Å². The van der Waals surface area contributed by atoms with Gasteiger partial charge in [0.1, 0.15) is 23.1 Å². The summed E-state index contributed by atoms with van der Waals surface area (Å²) in [7, 11) is 0. The molecule has 6 heterocycles. The summed E-state index contributed by atoms with van der Waals surface area (Å²) in [5.74, 6) is 1.88. The van der Waals surface area contributed by atoms with Gasteiger partial charge < -0.3 is 44.3 Å². The van der Waals surface area contributed by atoms with Crippen molar-refractivity contribution in [3.8, 4) is 6.07 Å². The van der Waals surface area contributed by atoms with Gasteiger partial charge in [-0.05, 0) is 244 Å². The Morgan fingerprint density at radius 3 is 1.26 bits per heavy atom. The van der Waals surface area contributed by atoms with E-state index in [1.54, 1.807) is 9.80 Å². The third kappa shape index (κ3) is 22.4. The second-order valence-corrected chi connectivity index (χ2v) is 37.7. The van der Waals surface area contributed by atoms with Gasteiger partial charge in [-0.15, -0.1) is 0 Å². The van der Waals surface area contributed by atoms with Crippen molar-refractivity contribution >= 4 is 24.6 Å². The van der Waals surface area contributed by atoms with Crippen LogP contribution in [0.5, 0.6) is 0 Å². The van der Waals surface area contributed by atoms with Crippen molar-refractivity contribution in [1.82, 2.24) is 50.1 Å². The van der Waals surface area contributed by atoms with Crippen LogP contribution in [0.25, 0.3) is 0 Å². The SMILES string of the molecule is CC(C)(C)OC(=O)N(CC1(C#N)CC1)[C@H]1CC1c1ccccc1.CC(C)(C)OC(=O)N(CC1(C=O)CC1)[C@H]1CC1c1ccccc1.CC(C)(C)OC(=O)N(CC1(CN2CCc3ccncc3C2)CC1)[C@H]1CC1c1ccccc1.c1cc2c(cn1)CNCC2.c1ccc(C2C[C@@H]2NCC2(CN3CCc4ccncc4C3)CC2)cc1. The lowest BCUT2D eigenvalue weighted by molar-refractivity contribution is -0.112. The van der Waals surface area contributed by atoms with Gasteiger partial charge >= 0.3 is 18.3 Å². The van der Waals surface area contributed by atoms with Crippen LogP contribution in [0.1, 0.15) is 219 Å².